The maximum Gasteiger partial charge on any atom is 0.241 e. The topological polar surface area (TPSA) is 55.9 Å². The first-order valence-electron chi connectivity index (χ1n) is 6.11. The first-order valence-corrected chi connectivity index (χ1v) is 6.11. The minimum Gasteiger partial charge on any atom is -0.342 e. The van der Waals surface area contributed by atoms with Gasteiger partial charge >= 0.3 is 0 Å². The fraction of sp³-hybridized carbons (Fsp3) is 0.818. The van der Waals surface area contributed by atoms with Crippen molar-refractivity contribution in [2.24, 2.45) is 0 Å². The van der Waals surface area contributed by atoms with Crippen LogP contribution in [0, 0.1) is 0 Å². The molecule has 0 bridgehead atoms. The van der Waals surface area contributed by atoms with Crippen molar-refractivity contribution in [2.75, 3.05) is 52.9 Å². The van der Waals surface area contributed by atoms with E-state index in [2.05, 4.69) is 10.2 Å². The SMILES string of the molecule is CN1CCNCC1C(=O)N1CCN(C=O)CC1. The second-order valence-corrected chi connectivity index (χ2v) is 4.67. The highest BCUT2D eigenvalue weighted by Crippen LogP contribution is 2.07. The zero-order chi connectivity index (χ0) is 12.3. The average molecular weight is 240 g/mol. The highest BCUT2D eigenvalue weighted by atomic mass is 16.2. The standard InChI is InChI=1S/C11H20N4O2/c1-13-3-2-12-8-10(13)11(17)15-6-4-14(9-16)5-7-15/h9-10,12H,2-8H2,1H3. The van der Waals surface area contributed by atoms with Gasteiger partial charge in [-0.15, -0.1) is 0 Å². The van der Waals surface area contributed by atoms with Crippen LogP contribution in [0.2, 0.25) is 0 Å². The Balaban J connectivity index is 1.89. The summed E-state index contributed by atoms with van der Waals surface area (Å²) >= 11 is 0. The van der Waals surface area contributed by atoms with Gasteiger partial charge in [0.2, 0.25) is 12.3 Å². The van der Waals surface area contributed by atoms with Crippen molar-refractivity contribution in [2.45, 2.75) is 6.04 Å². The average Bonchev–Trinajstić information content (AvgIpc) is 2.39. The monoisotopic (exact) mass is 240 g/mol. The molecule has 0 aromatic carbocycles. The summed E-state index contributed by atoms with van der Waals surface area (Å²) < 4.78 is 0. The van der Waals surface area contributed by atoms with Crippen molar-refractivity contribution >= 4 is 12.3 Å². The summed E-state index contributed by atoms with van der Waals surface area (Å²) in [5.41, 5.74) is 0. The van der Waals surface area contributed by atoms with E-state index in [0.29, 0.717) is 26.2 Å². The molecule has 2 aliphatic rings. The van der Waals surface area contributed by atoms with E-state index in [4.69, 9.17) is 0 Å². The third-order valence-corrected chi connectivity index (χ3v) is 3.57. The van der Waals surface area contributed by atoms with Crippen molar-refractivity contribution in [1.82, 2.24) is 20.0 Å². The van der Waals surface area contributed by atoms with Crippen LogP contribution in [0.15, 0.2) is 0 Å². The fourth-order valence-electron chi connectivity index (χ4n) is 2.34. The molecule has 2 rings (SSSR count). The molecule has 1 unspecified atom stereocenters. The van der Waals surface area contributed by atoms with Crippen molar-refractivity contribution < 1.29 is 9.59 Å². The summed E-state index contributed by atoms with van der Waals surface area (Å²) in [7, 11) is 1.99. The number of rotatable bonds is 2. The number of hydrogen-bond donors (Lipinski definition) is 1. The van der Waals surface area contributed by atoms with Crippen LogP contribution in [0.3, 0.4) is 0 Å². The molecule has 0 spiro atoms. The Labute approximate surface area is 102 Å². The minimum atomic E-state index is -0.0495. The predicted octanol–water partition coefficient (Wildman–Crippen LogP) is -1.81. The molecule has 6 nitrogen and oxygen atoms in total. The second kappa shape index (κ2) is 5.46. The molecule has 0 saturated carbocycles. The van der Waals surface area contributed by atoms with Crippen LogP contribution in [-0.2, 0) is 9.59 Å². The maximum absolute atomic E-state index is 12.3. The van der Waals surface area contributed by atoms with E-state index in [9.17, 15) is 9.59 Å². The van der Waals surface area contributed by atoms with E-state index >= 15 is 0 Å². The lowest BCUT2D eigenvalue weighted by Crippen LogP contribution is -2.59. The van der Waals surface area contributed by atoms with Crippen LogP contribution in [0.4, 0.5) is 0 Å². The van der Waals surface area contributed by atoms with Gasteiger partial charge in [-0.25, -0.2) is 0 Å². The molecule has 0 aromatic rings. The number of nitrogens with zero attached hydrogens (tertiary/aromatic N) is 3. The van der Waals surface area contributed by atoms with Gasteiger partial charge in [0.15, 0.2) is 0 Å². The summed E-state index contributed by atoms with van der Waals surface area (Å²) in [4.78, 5) is 28.6. The van der Waals surface area contributed by atoms with E-state index < -0.39 is 0 Å². The molecule has 0 radical (unpaired) electrons. The van der Waals surface area contributed by atoms with E-state index in [-0.39, 0.29) is 11.9 Å². The molecular weight excluding hydrogens is 220 g/mol. The fourth-order valence-corrected chi connectivity index (χ4v) is 2.34. The lowest BCUT2D eigenvalue weighted by molar-refractivity contribution is -0.140. The Bertz CT molecular complexity index is 289. The Kier molecular flexibility index (Phi) is 3.96. The van der Waals surface area contributed by atoms with Gasteiger partial charge in [-0.1, -0.05) is 0 Å². The number of amides is 2. The van der Waals surface area contributed by atoms with Crippen LogP contribution in [0.1, 0.15) is 0 Å². The molecule has 2 heterocycles. The number of hydrogen-bond acceptors (Lipinski definition) is 4. The van der Waals surface area contributed by atoms with Gasteiger partial charge in [-0.3, -0.25) is 14.5 Å². The molecule has 2 saturated heterocycles. The Hall–Kier alpha value is -1.14. The van der Waals surface area contributed by atoms with E-state index in [0.717, 1.165) is 26.0 Å². The zero-order valence-corrected chi connectivity index (χ0v) is 10.3. The Morgan fingerprint density at radius 1 is 1.24 bits per heavy atom. The molecule has 6 heteroatoms. The summed E-state index contributed by atoms with van der Waals surface area (Å²) in [5.74, 6) is 0.185. The third kappa shape index (κ3) is 2.76. The second-order valence-electron chi connectivity index (χ2n) is 4.67. The molecule has 2 aliphatic heterocycles. The number of nitrogens with one attached hydrogen (secondary N) is 1. The first kappa shape index (κ1) is 12.3. The van der Waals surface area contributed by atoms with Crippen LogP contribution in [0.25, 0.3) is 0 Å². The molecule has 2 amide bonds. The molecular formula is C11H20N4O2. The van der Waals surface area contributed by atoms with Gasteiger partial charge in [0.1, 0.15) is 6.04 Å². The summed E-state index contributed by atoms with van der Waals surface area (Å²) in [6, 6.07) is -0.0495. The van der Waals surface area contributed by atoms with Crippen molar-refractivity contribution in [3.05, 3.63) is 0 Å². The largest absolute Gasteiger partial charge is 0.342 e. The van der Waals surface area contributed by atoms with Crippen molar-refractivity contribution in [3.63, 3.8) is 0 Å². The van der Waals surface area contributed by atoms with Gasteiger partial charge in [-0.05, 0) is 7.05 Å². The number of piperazine rings is 2. The molecule has 1 N–H and O–H groups in total. The van der Waals surface area contributed by atoms with E-state index in [1.165, 1.54) is 0 Å². The lowest BCUT2D eigenvalue weighted by atomic mass is 10.1. The Morgan fingerprint density at radius 3 is 2.53 bits per heavy atom. The number of likely N-dealkylation sites (N-methyl/N-ethyl adjacent to an activating group) is 1. The van der Waals surface area contributed by atoms with Crippen molar-refractivity contribution in [1.29, 1.82) is 0 Å². The molecule has 1 atom stereocenters. The molecule has 0 aromatic heterocycles. The summed E-state index contributed by atoms with van der Waals surface area (Å²) in [6.45, 7) is 5.19. The quantitative estimate of drug-likeness (QED) is 0.578. The van der Waals surface area contributed by atoms with Gasteiger partial charge in [0.05, 0.1) is 0 Å². The molecule has 17 heavy (non-hydrogen) atoms. The van der Waals surface area contributed by atoms with Crippen LogP contribution >= 0.6 is 0 Å². The van der Waals surface area contributed by atoms with E-state index in [1.54, 1.807) is 4.90 Å². The first-order chi connectivity index (χ1) is 8.22. The van der Waals surface area contributed by atoms with Gasteiger partial charge in [-0.2, -0.15) is 0 Å². The van der Waals surface area contributed by atoms with Gasteiger partial charge in [0, 0.05) is 45.8 Å². The number of carbonyl (C=O) groups excluding carboxylic acids is 2. The highest BCUT2D eigenvalue weighted by molar-refractivity contribution is 5.82. The zero-order valence-electron chi connectivity index (χ0n) is 10.3. The maximum atomic E-state index is 12.3. The Morgan fingerprint density at radius 2 is 1.94 bits per heavy atom. The predicted molar refractivity (Wildman–Crippen MR) is 63.5 cm³/mol. The van der Waals surface area contributed by atoms with Crippen LogP contribution in [-0.4, -0.2) is 85.9 Å². The summed E-state index contributed by atoms with van der Waals surface area (Å²) in [5, 5.41) is 3.25. The van der Waals surface area contributed by atoms with E-state index in [1.807, 2.05) is 11.9 Å². The van der Waals surface area contributed by atoms with Gasteiger partial charge in [0.25, 0.3) is 0 Å². The van der Waals surface area contributed by atoms with Crippen molar-refractivity contribution in [3.8, 4) is 0 Å². The lowest BCUT2D eigenvalue weighted by Gasteiger charge is -2.38. The number of carbonyl (C=O) groups is 2. The van der Waals surface area contributed by atoms with Gasteiger partial charge < -0.3 is 15.1 Å². The smallest absolute Gasteiger partial charge is 0.241 e. The molecule has 2 fully saturated rings. The molecule has 96 valence electrons. The minimum absolute atomic E-state index is 0.0495. The van der Waals surface area contributed by atoms with Crippen LogP contribution in [0.5, 0.6) is 0 Å². The normalized spacial score (nSPS) is 27.0. The highest BCUT2D eigenvalue weighted by Gasteiger charge is 2.31. The van der Waals surface area contributed by atoms with Crippen LogP contribution < -0.4 is 5.32 Å². The summed E-state index contributed by atoms with van der Waals surface area (Å²) in [6.07, 6.45) is 0.857. The third-order valence-electron chi connectivity index (χ3n) is 3.57. The molecule has 0 aliphatic carbocycles.